The molecular weight excluding hydrogens is 308 g/mol. The number of aryl methyl sites for hydroxylation is 2. The fourth-order valence-electron chi connectivity index (χ4n) is 3.35. The van der Waals surface area contributed by atoms with Crippen LogP contribution in [-0.2, 0) is 11.3 Å². The average Bonchev–Trinajstić information content (AvgIpc) is 3.19. The third kappa shape index (κ3) is 3.21. The highest BCUT2D eigenvalue weighted by Crippen LogP contribution is 2.28. The van der Waals surface area contributed by atoms with Crippen molar-refractivity contribution in [3.05, 3.63) is 35.2 Å². The number of aromatic nitrogens is 3. The van der Waals surface area contributed by atoms with Gasteiger partial charge in [-0.25, -0.2) is 4.98 Å². The van der Waals surface area contributed by atoms with E-state index < -0.39 is 0 Å². The van der Waals surface area contributed by atoms with E-state index >= 15 is 0 Å². The minimum atomic E-state index is 0.0208. The summed E-state index contributed by atoms with van der Waals surface area (Å²) in [4.78, 5) is 19.1. The number of likely N-dealkylation sites (tertiary alicyclic amines) is 1. The van der Waals surface area contributed by atoms with Gasteiger partial charge in [-0.3, -0.25) is 4.79 Å². The van der Waals surface area contributed by atoms with Crippen LogP contribution >= 0.6 is 0 Å². The molecule has 0 aliphatic carbocycles. The maximum Gasteiger partial charge on any atom is 0.259 e. The number of carbonyl (C=O) groups excluding carboxylic acids is 1. The maximum atomic E-state index is 12.7. The lowest BCUT2D eigenvalue weighted by Crippen LogP contribution is -2.38. The van der Waals surface area contributed by atoms with Crippen LogP contribution in [0.1, 0.15) is 46.4 Å². The summed E-state index contributed by atoms with van der Waals surface area (Å²) >= 11 is 0. The number of amides is 1. The van der Waals surface area contributed by atoms with Crippen molar-refractivity contribution in [2.75, 3.05) is 26.8 Å². The highest BCUT2D eigenvalue weighted by atomic mass is 16.5. The van der Waals surface area contributed by atoms with Crippen molar-refractivity contribution >= 4 is 5.91 Å². The predicted molar refractivity (Wildman–Crippen MR) is 88.0 cm³/mol. The molecule has 0 aromatic carbocycles. The summed E-state index contributed by atoms with van der Waals surface area (Å²) in [6.07, 6.45) is 5.67. The van der Waals surface area contributed by atoms with Gasteiger partial charge < -0.3 is 18.7 Å². The molecule has 0 unspecified atom stereocenters. The molecule has 0 atom stereocenters. The summed E-state index contributed by atoms with van der Waals surface area (Å²) in [5.74, 6) is 2.09. The summed E-state index contributed by atoms with van der Waals surface area (Å²) in [6, 6.07) is 0. The van der Waals surface area contributed by atoms with Gasteiger partial charge in [0.15, 0.2) is 0 Å². The van der Waals surface area contributed by atoms with E-state index in [-0.39, 0.29) is 5.91 Å². The second kappa shape index (κ2) is 7.17. The molecule has 24 heavy (non-hydrogen) atoms. The van der Waals surface area contributed by atoms with Gasteiger partial charge in [0.2, 0.25) is 0 Å². The maximum absolute atomic E-state index is 12.7. The van der Waals surface area contributed by atoms with Gasteiger partial charge >= 0.3 is 0 Å². The molecule has 1 aliphatic heterocycles. The number of piperidine rings is 1. The molecule has 1 fully saturated rings. The molecule has 1 saturated heterocycles. The Labute approximate surface area is 141 Å². The van der Waals surface area contributed by atoms with Crippen LogP contribution < -0.4 is 0 Å². The van der Waals surface area contributed by atoms with Crippen molar-refractivity contribution in [2.45, 2.75) is 39.2 Å². The van der Waals surface area contributed by atoms with E-state index in [0.717, 1.165) is 38.3 Å². The zero-order valence-electron chi connectivity index (χ0n) is 14.5. The fraction of sp³-hybridized carbons (Fsp3) is 0.588. The summed E-state index contributed by atoms with van der Waals surface area (Å²) in [5.41, 5.74) is 1.27. The molecule has 7 heteroatoms. The van der Waals surface area contributed by atoms with Crippen LogP contribution in [-0.4, -0.2) is 52.3 Å². The van der Waals surface area contributed by atoms with Crippen LogP contribution in [0.2, 0.25) is 0 Å². The lowest BCUT2D eigenvalue weighted by atomic mass is 9.95. The van der Waals surface area contributed by atoms with E-state index in [9.17, 15) is 4.79 Å². The van der Waals surface area contributed by atoms with Crippen molar-refractivity contribution in [3.63, 3.8) is 0 Å². The van der Waals surface area contributed by atoms with Crippen molar-refractivity contribution in [1.82, 2.24) is 19.6 Å². The monoisotopic (exact) mass is 332 g/mol. The Balaban J connectivity index is 1.64. The summed E-state index contributed by atoms with van der Waals surface area (Å²) in [5, 5.41) is 3.88. The summed E-state index contributed by atoms with van der Waals surface area (Å²) < 4.78 is 12.4. The number of carbonyl (C=O) groups is 1. The van der Waals surface area contributed by atoms with E-state index in [1.165, 1.54) is 0 Å². The number of ether oxygens (including phenoxy) is 1. The van der Waals surface area contributed by atoms with Crippen molar-refractivity contribution in [2.24, 2.45) is 0 Å². The smallest absolute Gasteiger partial charge is 0.259 e. The molecule has 0 N–H and O–H groups in total. The number of rotatable bonds is 5. The topological polar surface area (TPSA) is 73.4 Å². The van der Waals surface area contributed by atoms with Gasteiger partial charge in [0.25, 0.3) is 5.91 Å². The first-order valence-corrected chi connectivity index (χ1v) is 8.34. The SMILES string of the molecule is COCCn1ccnc1C1CCN(C(=O)c2c(C)noc2C)CC1. The average molecular weight is 332 g/mol. The molecule has 1 amide bonds. The van der Waals surface area contributed by atoms with Gasteiger partial charge in [0.05, 0.1) is 12.3 Å². The summed E-state index contributed by atoms with van der Waals surface area (Å²) in [7, 11) is 1.70. The second-order valence-electron chi connectivity index (χ2n) is 6.24. The van der Waals surface area contributed by atoms with Gasteiger partial charge in [-0.2, -0.15) is 0 Å². The Kier molecular flexibility index (Phi) is 4.99. The molecule has 3 rings (SSSR count). The Morgan fingerprint density at radius 2 is 2.12 bits per heavy atom. The van der Waals surface area contributed by atoms with Gasteiger partial charge in [-0.15, -0.1) is 0 Å². The molecule has 0 spiro atoms. The molecule has 2 aromatic heterocycles. The highest BCUT2D eigenvalue weighted by Gasteiger charge is 2.29. The Bertz CT molecular complexity index is 679. The Morgan fingerprint density at radius 1 is 1.38 bits per heavy atom. The lowest BCUT2D eigenvalue weighted by molar-refractivity contribution is 0.0707. The Morgan fingerprint density at radius 3 is 2.75 bits per heavy atom. The number of methoxy groups -OCH3 is 1. The van der Waals surface area contributed by atoms with E-state index in [2.05, 4.69) is 14.7 Å². The van der Waals surface area contributed by atoms with Crippen LogP contribution in [0.5, 0.6) is 0 Å². The second-order valence-corrected chi connectivity index (χ2v) is 6.24. The zero-order chi connectivity index (χ0) is 17.1. The van der Waals surface area contributed by atoms with Crippen LogP contribution in [0, 0.1) is 13.8 Å². The van der Waals surface area contributed by atoms with Gasteiger partial charge in [0, 0.05) is 45.1 Å². The zero-order valence-corrected chi connectivity index (χ0v) is 14.5. The van der Waals surface area contributed by atoms with Crippen LogP contribution in [0.3, 0.4) is 0 Å². The first-order chi connectivity index (χ1) is 11.6. The standard InChI is InChI=1S/C17H24N4O3/c1-12-15(13(2)24-19-12)17(22)21-7-4-14(5-8-21)16-18-6-9-20(16)10-11-23-3/h6,9,14H,4-5,7-8,10-11H2,1-3H3. The van der Waals surface area contributed by atoms with Gasteiger partial charge in [-0.05, 0) is 26.7 Å². The van der Waals surface area contributed by atoms with E-state index in [4.69, 9.17) is 9.26 Å². The molecule has 3 heterocycles. The molecule has 130 valence electrons. The van der Waals surface area contributed by atoms with Crippen LogP contribution in [0.4, 0.5) is 0 Å². The third-order valence-electron chi connectivity index (χ3n) is 4.68. The summed E-state index contributed by atoms with van der Waals surface area (Å²) in [6.45, 7) is 6.53. The minimum absolute atomic E-state index is 0.0208. The highest BCUT2D eigenvalue weighted by molar-refractivity contribution is 5.96. The predicted octanol–water partition coefficient (Wildman–Crippen LogP) is 2.15. The van der Waals surface area contributed by atoms with Crippen LogP contribution in [0.15, 0.2) is 16.9 Å². The van der Waals surface area contributed by atoms with Crippen LogP contribution in [0.25, 0.3) is 0 Å². The molecule has 7 nitrogen and oxygen atoms in total. The largest absolute Gasteiger partial charge is 0.383 e. The Hall–Kier alpha value is -2.15. The normalized spacial score (nSPS) is 15.9. The third-order valence-corrected chi connectivity index (χ3v) is 4.68. The number of hydrogen-bond donors (Lipinski definition) is 0. The number of hydrogen-bond acceptors (Lipinski definition) is 5. The first kappa shape index (κ1) is 16.7. The molecule has 0 bridgehead atoms. The number of nitrogens with zero attached hydrogens (tertiary/aromatic N) is 4. The lowest BCUT2D eigenvalue weighted by Gasteiger charge is -2.32. The fourth-order valence-corrected chi connectivity index (χ4v) is 3.35. The first-order valence-electron chi connectivity index (χ1n) is 8.34. The van der Waals surface area contributed by atoms with E-state index in [1.54, 1.807) is 14.0 Å². The molecule has 1 aliphatic rings. The van der Waals surface area contributed by atoms with Crippen molar-refractivity contribution < 1.29 is 14.1 Å². The van der Waals surface area contributed by atoms with E-state index in [0.29, 0.717) is 29.5 Å². The van der Waals surface area contributed by atoms with Gasteiger partial charge in [0.1, 0.15) is 17.1 Å². The molecular formula is C17H24N4O3. The van der Waals surface area contributed by atoms with Crippen molar-refractivity contribution in [1.29, 1.82) is 0 Å². The van der Waals surface area contributed by atoms with Gasteiger partial charge in [-0.1, -0.05) is 5.16 Å². The number of imidazole rings is 1. The quantitative estimate of drug-likeness (QED) is 0.839. The molecule has 0 saturated carbocycles. The molecule has 0 radical (unpaired) electrons. The van der Waals surface area contributed by atoms with Crippen molar-refractivity contribution in [3.8, 4) is 0 Å². The minimum Gasteiger partial charge on any atom is -0.383 e. The molecule has 2 aromatic rings. The van der Waals surface area contributed by atoms with E-state index in [1.807, 2.05) is 24.2 Å².